The summed E-state index contributed by atoms with van der Waals surface area (Å²) in [6.07, 6.45) is 1.64. The molecule has 1 aliphatic heterocycles. The number of nitrogens with zero attached hydrogens (tertiary/aromatic N) is 2. The minimum Gasteiger partial charge on any atom is -0.503 e. The lowest BCUT2D eigenvalue weighted by Gasteiger charge is -2.13. The molecular formula is C19H17Br2N3O5S. The van der Waals surface area contributed by atoms with Gasteiger partial charge in [-0.05, 0) is 87.7 Å². The Morgan fingerprint density at radius 1 is 1.23 bits per heavy atom. The molecule has 11 heteroatoms. The molecule has 0 atom stereocenters. The number of carbonyl (C=O) groups is 1. The minimum absolute atomic E-state index is 0.0504. The van der Waals surface area contributed by atoms with Crippen LogP contribution < -0.4 is 14.9 Å². The van der Waals surface area contributed by atoms with Gasteiger partial charge in [0.2, 0.25) is 10.0 Å². The van der Waals surface area contributed by atoms with E-state index in [1.54, 1.807) is 26.0 Å². The summed E-state index contributed by atoms with van der Waals surface area (Å²) in [4.78, 5) is 12.9. The number of halogens is 2. The number of aromatic hydroxyl groups is 1. The van der Waals surface area contributed by atoms with Gasteiger partial charge in [0.05, 0.1) is 32.9 Å². The second kappa shape index (κ2) is 8.50. The van der Waals surface area contributed by atoms with Gasteiger partial charge in [0, 0.05) is 4.47 Å². The molecule has 0 aliphatic carbocycles. The summed E-state index contributed by atoms with van der Waals surface area (Å²) in [5, 5.41) is 20.8. The maximum Gasteiger partial charge on any atom is 0.280 e. The first-order chi connectivity index (χ1) is 14.0. The summed E-state index contributed by atoms with van der Waals surface area (Å²) in [7, 11) is -3.83. The van der Waals surface area contributed by atoms with Crippen LogP contribution in [-0.4, -0.2) is 31.8 Å². The summed E-state index contributed by atoms with van der Waals surface area (Å²) in [5.41, 5.74) is 1.82. The lowest BCUT2D eigenvalue weighted by molar-refractivity contribution is -0.114. The van der Waals surface area contributed by atoms with Crippen LogP contribution in [0.2, 0.25) is 0 Å². The molecular weight excluding hydrogens is 542 g/mol. The zero-order chi connectivity index (χ0) is 22.2. The average Bonchev–Trinajstić information content (AvgIpc) is 2.97. The molecule has 0 aromatic heterocycles. The number of rotatable bonds is 5. The van der Waals surface area contributed by atoms with Crippen LogP contribution in [0.25, 0.3) is 6.08 Å². The first kappa shape index (κ1) is 22.5. The molecule has 1 amide bonds. The predicted octanol–water partition coefficient (Wildman–Crippen LogP) is 3.77. The van der Waals surface area contributed by atoms with E-state index >= 15 is 0 Å². The molecule has 0 unspecified atom stereocenters. The molecule has 158 valence electrons. The number of benzene rings is 2. The van der Waals surface area contributed by atoms with E-state index in [1.165, 1.54) is 29.3 Å². The van der Waals surface area contributed by atoms with Crippen molar-refractivity contribution >= 4 is 65.3 Å². The van der Waals surface area contributed by atoms with E-state index in [1.807, 2.05) is 0 Å². The van der Waals surface area contributed by atoms with Gasteiger partial charge >= 0.3 is 0 Å². The van der Waals surface area contributed by atoms with Gasteiger partial charge in [0.15, 0.2) is 11.5 Å². The fourth-order valence-corrected chi connectivity index (χ4v) is 4.13. The number of phenolic OH excluding ortho intramolecular Hbond substituents is 1. The number of hydrogen-bond donors (Lipinski definition) is 2. The first-order valence-corrected chi connectivity index (χ1v) is 11.8. The number of anilines is 1. The van der Waals surface area contributed by atoms with E-state index in [-0.39, 0.29) is 22.3 Å². The summed E-state index contributed by atoms with van der Waals surface area (Å²) in [6, 6.07) is 7.15. The van der Waals surface area contributed by atoms with Crippen LogP contribution in [0.15, 0.2) is 54.8 Å². The van der Waals surface area contributed by atoms with Crippen LogP contribution in [0, 0.1) is 0 Å². The van der Waals surface area contributed by atoms with Crippen LogP contribution in [0.4, 0.5) is 5.69 Å². The number of ether oxygens (including phenoxy) is 1. The molecule has 0 fully saturated rings. The lowest BCUT2D eigenvalue weighted by atomic mass is 10.1. The van der Waals surface area contributed by atoms with Crippen molar-refractivity contribution in [3.05, 3.63) is 50.4 Å². The summed E-state index contributed by atoms with van der Waals surface area (Å²) in [5.74, 6) is -0.162. The van der Waals surface area contributed by atoms with Gasteiger partial charge < -0.3 is 9.84 Å². The number of amides is 1. The Bertz CT molecular complexity index is 1190. The highest BCUT2D eigenvalue weighted by atomic mass is 79.9. The highest BCUT2D eigenvalue weighted by molar-refractivity contribution is 9.13. The fraction of sp³-hybridized carbons (Fsp3) is 0.158. The molecule has 8 nitrogen and oxygen atoms in total. The quantitative estimate of drug-likeness (QED) is 0.541. The van der Waals surface area contributed by atoms with Crippen molar-refractivity contribution < 1.29 is 23.1 Å². The van der Waals surface area contributed by atoms with E-state index in [4.69, 9.17) is 9.88 Å². The number of primary sulfonamides is 1. The van der Waals surface area contributed by atoms with Crippen molar-refractivity contribution in [3.8, 4) is 11.5 Å². The van der Waals surface area contributed by atoms with E-state index in [0.717, 1.165) is 0 Å². The van der Waals surface area contributed by atoms with E-state index in [2.05, 4.69) is 37.0 Å². The normalized spacial score (nSPS) is 15.6. The van der Waals surface area contributed by atoms with Gasteiger partial charge in [0.1, 0.15) is 0 Å². The third-order valence-electron chi connectivity index (χ3n) is 4.25. The Balaban J connectivity index is 1.99. The Morgan fingerprint density at radius 2 is 1.87 bits per heavy atom. The Labute approximate surface area is 190 Å². The van der Waals surface area contributed by atoms with Crippen LogP contribution >= 0.6 is 31.9 Å². The third-order valence-corrected chi connectivity index (χ3v) is 7.33. The van der Waals surface area contributed by atoms with Crippen LogP contribution in [0.3, 0.4) is 0 Å². The van der Waals surface area contributed by atoms with Gasteiger partial charge in [-0.2, -0.15) is 10.1 Å². The molecule has 0 radical (unpaired) electrons. The molecule has 0 spiro atoms. The zero-order valence-corrected chi connectivity index (χ0v) is 19.9. The molecule has 1 aliphatic rings. The second-order valence-electron chi connectivity index (χ2n) is 6.27. The molecule has 3 N–H and O–H groups in total. The zero-order valence-electron chi connectivity index (χ0n) is 15.9. The summed E-state index contributed by atoms with van der Waals surface area (Å²) < 4.78 is 29.2. The van der Waals surface area contributed by atoms with Crippen LogP contribution in [-0.2, 0) is 14.8 Å². The predicted molar refractivity (Wildman–Crippen MR) is 121 cm³/mol. The Morgan fingerprint density at radius 3 is 2.43 bits per heavy atom. The number of hydrazone groups is 1. The van der Waals surface area contributed by atoms with Crippen molar-refractivity contribution in [2.24, 2.45) is 10.2 Å². The highest BCUT2D eigenvalue weighted by Gasteiger charge is 2.29. The van der Waals surface area contributed by atoms with Crippen molar-refractivity contribution in [3.63, 3.8) is 0 Å². The van der Waals surface area contributed by atoms with Gasteiger partial charge in [-0.25, -0.2) is 13.6 Å². The Hall–Kier alpha value is -2.21. The number of carbonyl (C=O) groups excluding carboxylic acids is 1. The topological polar surface area (TPSA) is 122 Å². The molecule has 3 rings (SSSR count). The van der Waals surface area contributed by atoms with Crippen LogP contribution in [0.1, 0.15) is 19.4 Å². The molecule has 0 bridgehead atoms. The third kappa shape index (κ3) is 4.29. The molecule has 1 heterocycles. The van der Waals surface area contributed by atoms with Crippen molar-refractivity contribution in [1.29, 1.82) is 0 Å². The van der Waals surface area contributed by atoms with Crippen LogP contribution in [0.5, 0.6) is 11.5 Å². The average molecular weight is 559 g/mol. The van der Waals surface area contributed by atoms with Crippen molar-refractivity contribution in [1.82, 2.24) is 0 Å². The SMILES string of the molecule is CCOc1cc(/C=C2\C(=O)N(c3ccc(S(N)(=O)=O)cc3)N=C2C)c(Br)c(Br)c1O. The molecule has 0 saturated heterocycles. The highest BCUT2D eigenvalue weighted by Crippen LogP contribution is 2.43. The van der Waals surface area contributed by atoms with E-state index < -0.39 is 10.0 Å². The maximum atomic E-state index is 13.0. The number of phenols is 1. The van der Waals surface area contributed by atoms with E-state index in [9.17, 15) is 18.3 Å². The van der Waals surface area contributed by atoms with Crippen molar-refractivity contribution in [2.75, 3.05) is 11.6 Å². The van der Waals surface area contributed by atoms with Gasteiger partial charge in [-0.1, -0.05) is 0 Å². The first-order valence-electron chi connectivity index (χ1n) is 8.63. The molecule has 2 aromatic carbocycles. The number of hydrogen-bond acceptors (Lipinski definition) is 6. The second-order valence-corrected chi connectivity index (χ2v) is 9.42. The minimum atomic E-state index is -3.83. The van der Waals surface area contributed by atoms with Gasteiger partial charge in [-0.15, -0.1) is 0 Å². The van der Waals surface area contributed by atoms with Gasteiger partial charge in [-0.3, -0.25) is 4.79 Å². The smallest absolute Gasteiger partial charge is 0.280 e. The molecule has 2 aromatic rings. The lowest BCUT2D eigenvalue weighted by Crippen LogP contribution is -2.21. The number of sulfonamides is 1. The standard InChI is InChI=1S/C19H17Br2N3O5S/c1-3-29-15-9-11(16(20)17(21)18(15)25)8-14-10(2)23-24(19(14)26)12-4-6-13(7-5-12)30(22,27)28/h4-9,25H,3H2,1-2H3,(H2,22,27,28)/b14-8-. The summed E-state index contributed by atoms with van der Waals surface area (Å²) in [6.45, 7) is 3.85. The fourth-order valence-electron chi connectivity index (χ4n) is 2.77. The van der Waals surface area contributed by atoms with Gasteiger partial charge in [0.25, 0.3) is 5.91 Å². The summed E-state index contributed by atoms with van der Waals surface area (Å²) >= 11 is 6.72. The molecule has 30 heavy (non-hydrogen) atoms. The maximum absolute atomic E-state index is 13.0. The van der Waals surface area contributed by atoms with E-state index in [0.29, 0.717) is 38.1 Å². The molecule has 0 saturated carbocycles. The monoisotopic (exact) mass is 557 g/mol. The van der Waals surface area contributed by atoms with Crippen molar-refractivity contribution in [2.45, 2.75) is 18.7 Å². The number of nitrogens with two attached hydrogens (primary N) is 1. The Kier molecular flexibility index (Phi) is 6.37. The largest absolute Gasteiger partial charge is 0.503 e.